The minimum atomic E-state index is -4.64. The number of carbonyl (C=O) groups is 3. The third-order valence-electron chi connectivity index (χ3n) is 7.05. The van der Waals surface area contributed by atoms with Crippen LogP contribution in [0.1, 0.15) is 30.2 Å². The number of nitrogens with one attached hydrogen (secondary N) is 3. The molecule has 2 heterocycles. The monoisotopic (exact) mass is 638 g/mol. The summed E-state index contributed by atoms with van der Waals surface area (Å²) >= 11 is 0. The maximum Gasteiger partial charge on any atom is 0.416 e. The first-order chi connectivity index (χ1) is 21.9. The minimum Gasteiger partial charge on any atom is -0.386 e. The number of hydrogen-bond donors (Lipinski definition) is 3. The first kappa shape index (κ1) is 35.5. The molecule has 1 fully saturated rings. The summed E-state index contributed by atoms with van der Waals surface area (Å²) in [7, 11) is 5.83. The van der Waals surface area contributed by atoms with Gasteiger partial charge in [0.15, 0.2) is 0 Å². The number of aromatic nitrogens is 2. The smallest absolute Gasteiger partial charge is 0.386 e. The van der Waals surface area contributed by atoms with Gasteiger partial charge in [0.1, 0.15) is 11.9 Å². The number of likely N-dealkylation sites (N-methyl/N-ethyl adjacent to an activating group) is 2. The summed E-state index contributed by atoms with van der Waals surface area (Å²) in [6.45, 7) is 6.40. The van der Waals surface area contributed by atoms with Crippen LogP contribution in [0.3, 0.4) is 0 Å². The van der Waals surface area contributed by atoms with Gasteiger partial charge in [0, 0.05) is 25.8 Å². The topological polar surface area (TPSA) is 135 Å². The quantitative estimate of drug-likeness (QED) is 0.148. The summed E-state index contributed by atoms with van der Waals surface area (Å²) in [6.07, 6.45) is -1.44. The van der Waals surface area contributed by atoms with Crippen LogP contribution in [0.4, 0.5) is 18.9 Å². The second kappa shape index (κ2) is 16.4. The Morgan fingerprint density at radius 3 is 2.22 bits per heavy atom. The molecule has 3 aromatic rings. The summed E-state index contributed by atoms with van der Waals surface area (Å²) in [5, 5.41) is 20.8. The zero-order valence-corrected chi connectivity index (χ0v) is 26.1. The molecule has 4 rings (SSSR count). The van der Waals surface area contributed by atoms with E-state index in [-0.39, 0.29) is 17.1 Å². The largest absolute Gasteiger partial charge is 0.416 e. The number of aldehydes is 1. The fourth-order valence-electron chi connectivity index (χ4n) is 4.54. The van der Waals surface area contributed by atoms with Crippen LogP contribution in [0.5, 0.6) is 0 Å². The number of anilines is 1. The molecule has 14 heteroatoms. The first-order valence-electron chi connectivity index (χ1n) is 14.5. The third-order valence-corrected chi connectivity index (χ3v) is 7.05. The number of nitrogens with zero attached hydrogens (tertiary/aromatic N) is 5. The number of hydrogen-bond acceptors (Lipinski definition) is 8. The summed E-state index contributed by atoms with van der Waals surface area (Å²) in [4.78, 5) is 42.3. The molecule has 0 aliphatic carbocycles. The van der Waals surface area contributed by atoms with Crippen molar-refractivity contribution in [3.8, 4) is 11.8 Å². The molecule has 1 aliphatic rings. The van der Waals surface area contributed by atoms with Crippen molar-refractivity contribution < 1.29 is 27.6 Å². The lowest BCUT2D eigenvalue weighted by Gasteiger charge is -2.18. The van der Waals surface area contributed by atoms with Crippen molar-refractivity contribution in [3.05, 3.63) is 83.2 Å². The van der Waals surface area contributed by atoms with E-state index in [1.54, 1.807) is 24.3 Å². The van der Waals surface area contributed by atoms with Gasteiger partial charge < -0.3 is 30.5 Å². The van der Waals surface area contributed by atoms with Gasteiger partial charge in [0.2, 0.25) is 0 Å². The van der Waals surface area contributed by atoms with Crippen molar-refractivity contribution in [1.82, 2.24) is 30.2 Å². The zero-order valence-electron chi connectivity index (χ0n) is 26.1. The number of benzene rings is 2. The van der Waals surface area contributed by atoms with Crippen LogP contribution < -0.4 is 16.0 Å². The lowest BCUT2D eigenvalue weighted by Crippen LogP contribution is -2.39. The van der Waals surface area contributed by atoms with Gasteiger partial charge in [-0.05, 0) is 89.1 Å². The van der Waals surface area contributed by atoms with E-state index in [0.29, 0.717) is 17.5 Å². The summed E-state index contributed by atoms with van der Waals surface area (Å²) < 4.78 is 40.8. The van der Waals surface area contributed by atoms with Crippen molar-refractivity contribution in [2.75, 3.05) is 52.6 Å². The molecule has 0 spiro atoms. The molecule has 11 nitrogen and oxygen atoms in total. The summed E-state index contributed by atoms with van der Waals surface area (Å²) in [6, 6.07) is 12.8. The molecular formula is C32H37F3N8O3. The van der Waals surface area contributed by atoms with E-state index in [0.717, 1.165) is 18.2 Å². The minimum absolute atomic E-state index is 0.0121. The molecule has 3 N–H and O–H groups in total. The number of carbonyl (C=O) groups excluding carboxylic acids is 3. The molecule has 2 amide bonds. The number of alkyl halides is 3. The Morgan fingerprint density at radius 2 is 1.65 bits per heavy atom. The lowest BCUT2D eigenvalue weighted by atomic mass is 10.1. The van der Waals surface area contributed by atoms with Gasteiger partial charge >= 0.3 is 6.18 Å². The Balaban J connectivity index is 0.000000549. The zero-order chi connectivity index (χ0) is 33.9. The number of nitriles is 1. The molecule has 0 unspecified atom stereocenters. The second-order valence-corrected chi connectivity index (χ2v) is 10.7. The molecular weight excluding hydrogens is 601 g/mol. The van der Waals surface area contributed by atoms with E-state index in [4.69, 9.17) is 5.26 Å². The molecule has 1 aromatic heterocycles. The maximum atomic E-state index is 13.3. The Morgan fingerprint density at radius 1 is 1.00 bits per heavy atom. The van der Waals surface area contributed by atoms with Crippen LogP contribution in [0, 0.1) is 11.3 Å². The van der Waals surface area contributed by atoms with Crippen LogP contribution in [-0.2, 0) is 20.6 Å². The predicted molar refractivity (Wildman–Crippen MR) is 168 cm³/mol. The predicted octanol–water partition coefficient (Wildman–Crippen LogP) is 3.29. The van der Waals surface area contributed by atoms with Crippen molar-refractivity contribution in [1.29, 1.82) is 5.26 Å². The highest BCUT2D eigenvalue weighted by Gasteiger charge is 2.31. The van der Waals surface area contributed by atoms with E-state index in [9.17, 15) is 27.6 Å². The Bertz CT molecular complexity index is 1570. The average Bonchev–Trinajstić information content (AvgIpc) is 3.43. The molecule has 0 saturated carbocycles. The fraction of sp³-hybridized carbons (Fsp3) is 0.344. The van der Waals surface area contributed by atoms with Crippen LogP contribution in [0.2, 0.25) is 0 Å². The highest BCUT2D eigenvalue weighted by molar-refractivity contribution is 6.27. The highest BCUT2D eigenvalue weighted by atomic mass is 19.4. The summed E-state index contributed by atoms with van der Waals surface area (Å²) in [5.41, 5.74) is -0.510. The van der Waals surface area contributed by atoms with Crippen molar-refractivity contribution >= 4 is 29.5 Å². The number of halogens is 3. The third kappa shape index (κ3) is 9.75. The molecule has 46 heavy (non-hydrogen) atoms. The van der Waals surface area contributed by atoms with Gasteiger partial charge in [-0.15, -0.1) is 0 Å². The molecule has 2 aromatic carbocycles. The Kier molecular flexibility index (Phi) is 12.6. The number of rotatable bonds is 8. The maximum absolute atomic E-state index is 13.3. The lowest BCUT2D eigenvalue weighted by molar-refractivity contribution is -0.137. The van der Waals surface area contributed by atoms with Crippen LogP contribution in [-0.4, -0.2) is 91.0 Å². The summed E-state index contributed by atoms with van der Waals surface area (Å²) in [5.74, 6) is -1.96. The molecule has 0 radical (unpaired) electrons. The van der Waals surface area contributed by atoms with Gasteiger partial charge in [-0.25, -0.2) is 4.68 Å². The Hall–Kier alpha value is -5.00. The van der Waals surface area contributed by atoms with Crippen LogP contribution in [0.15, 0.2) is 66.4 Å². The molecule has 1 saturated heterocycles. The van der Waals surface area contributed by atoms with E-state index in [1.807, 2.05) is 6.07 Å². The van der Waals surface area contributed by atoms with E-state index >= 15 is 0 Å². The first-order valence-corrected chi connectivity index (χ1v) is 14.5. The van der Waals surface area contributed by atoms with Gasteiger partial charge in [-0.1, -0.05) is 6.07 Å². The van der Waals surface area contributed by atoms with Gasteiger partial charge in [-0.2, -0.15) is 23.5 Å². The van der Waals surface area contributed by atoms with Gasteiger partial charge in [0.05, 0.1) is 46.5 Å². The average molecular weight is 639 g/mol. The van der Waals surface area contributed by atoms with Crippen LogP contribution in [0.25, 0.3) is 11.4 Å². The molecule has 0 bridgehead atoms. The SMILES string of the molecule is CN/C(=C(\C(=O)Nc1cccc(C(F)(F)F)c1)C(=O)N[C@@H](C)C=O)c1ccnn1-c1ccc(C#N)cc1.CN1CCCN(C)CC1. The van der Waals surface area contributed by atoms with E-state index in [2.05, 4.69) is 44.9 Å². The van der Waals surface area contributed by atoms with Crippen molar-refractivity contribution in [3.63, 3.8) is 0 Å². The van der Waals surface area contributed by atoms with E-state index in [1.165, 1.54) is 69.6 Å². The standard InChI is InChI=1S/C25H21F3N6O3.C7H16N2/c1-15(14-35)32-23(36)21(24(37)33-18-5-3-4-17(12-18)25(26,27)28)22(30-2)20-10-11-31-34(20)19-8-6-16(13-29)7-9-19;1-8-4-3-5-9(2)7-6-8/h3-12,14-15,30H,1-2H3,(H,32,36)(H,33,37);3-7H2,1-2H3/b22-21-;/t15-;/m0./s1. The van der Waals surface area contributed by atoms with E-state index < -0.39 is 35.2 Å². The Labute approximate surface area is 265 Å². The molecule has 1 aliphatic heterocycles. The highest BCUT2D eigenvalue weighted by Crippen LogP contribution is 2.31. The normalized spacial score (nSPS) is 15.2. The van der Waals surface area contributed by atoms with Gasteiger partial charge in [0.25, 0.3) is 11.8 Å². The van der Waals surface area contributed by atoms with Crippen molar-refractivity contribution in [2.24, 2.45) is 0 Å². The van der Waals surface area contributed by atoms with Crippen molar-refractivity contribution in [2.45, 2.75) is 25.6 Å². The van der Waals surface area contributed by atoms with Gasteiger partial charge in [-0.3, -0.25) is 9.59 Å². The second-order valence-electron chi connectivity index (χ2n) is 10.7. The fourth-order valence-corrected chi connectivity index (χ4v) is 4.54. The number of amides is 2. The van der Waals surface area contributed by atoms with Crippen LogP contribution >= 0.6 is 0 Å². The molecule has 244 valence electrons. The molecule has 1 atom stereocenters.